The van der Waals surface area contributed by atoms with Gasteiger partial charge in [-0.3, -0.25) is 9.79 Å². The summed E-state index contributed by atoms with van der Waals surface area (Å²) in [6.07, 6.45) is 4.50. The van der Waals surface area contributed by atoms with E-state index in [0.29, 0.717) is 25.0 Å². The highest BCUT2D eigenvalue weighted by atomic mass is 127. The first-order valence-electron chi connectivity index (χ1n) is 7.62. The first kappa shape index (κ1) is 18.7. The van der Waals surface area contributed by atoms with Crippen molar-refractivity contribution in [3.63, 3.8) is 0 Å². The molecule has 0 aromatic heterocycles. The van der Waals surface area contributed by atoms with E-state index in [9.17, 15) is 4.79 Å². The summed E-state index contributed by atoms with van der Waals surface area (Å²) in [4.78, 5) is 15.7. The van der Waals surface area contributed by atoms with Gasteiger partial charge in [-0.05, 0) is 43.4 Å². The first-order chi connectivity index (χ1) is 10.2. The molecule has 22 heavy (non-hydrogen) atoms. The Morgan fingerprint density at radius 2 is 2.00 bits per heavy atom. The van der Waals surface area contributed by atoms with Crippen molar-refractivity contribution in [3.05, 3.63) is 29.8 Å². The van der Waals surface area contributed by atoms with Crippen molar-refractivity contribution in [2.24, 2.45) is 10.7 Å². The maximum absolute atomic E-state index is 11.5. The molecule has 2 rings (SSSR count). The molecule has 5 nitrogen and oxygen atoms in total. The lowest BCUT2D eigenvalue weighted by Crippen LogP contribution is -2.25. The number of hydrogen-bond donors (Lipinski definition) is 3. The van der Waals surface area contributed by atoms with E-state index in [4.69, 9.17) is 5.73 Å². The molecule has 0 spiro atoms. The Morgan fingerprint density at radius 1 is 1.32 bits per heavy atom. The molecule has 1 aliphatic carbocycles. The van der Waals surface area contributed by atoms with E-state index < -0.39 is 0 Å². The van der Waals surface area contributed by atoms with Gasteiger partial charge in [-0.2, -0.15) is 0 Å². The molecule has 1 saturated carbocycles. The van der Waals surface area contributed by atoms with E-state index in [1.54, 1.807) is 0 Å². The monoisotopic (exact) mass is 416 g/mol. The van der Waals surface area contributed by atoms with Crippen molar-refractivity contribution in [1.29, 1.82) is 0 Å². The average Bonchev–Trinajstić information content (AvgIpc) is 3.28. The van der Waals surface area contributed by atoms with Crippen LogP contribution in [0.25, 0.3) is 0 Å². The number of hydrogen-bond acceptors (Lipinski definition) is 2. The first-order valence-corrected chi connectivity index (χ1v) is 7.62. The zero-order valence-electron chi connectivity index (χ0n) is 13.0. The molecule has 1 aromatic carbocycles. The fourth-order valence-corrected chi connectivity index (χ4v) is 1.98. The number of benzene rings is 1. The molecule has 0 saturated heterocycles. The fourth-order valence-electron chi connectivity index (χ4n) is 1.98. The van der Waals surface area contributed by atoms with Crippen LogP contribution in [0.2, 0.25) is 0 Å². The number of nitrogens with two attached hydrogens (primary N) is 1. The zero-order valence-corrected chi connectivity index (χ0v) is 15.3. The zero-order chi connectivity index (χ0) is 15.1. The maximum atomic E-state index is 11.5. The Bertz CT molecular complexity index is 497. The number of amides is 1. The number of carbonyl (C=O) groups excluding carboxylic acids is 1. The van der Waals surface area contributed by atoms with Crippen LogP contribution in [0.15, 0.2) is 29.3 Å². The highest BCUT2D eigenvalue weighted by Gasteiger charge is 2.22. The number of nitrogens with one attached hydrogen (secondary N) is 2. The molecule has 1 fully saturated rings. The van der Waals surface area contributed by atoms with Crippen molar-refractivity contribution >= 4 is 41.5 Å². The number of anilines is 1. The Balaban J connectivity index is 0.00000242. The largest absolute Gasteiger partial charge is 0.370 e. The minimum absolute atomic E-state index is 0. The van der Waals surface area contributed by atoms with E-state index in [1.807, 2.05) is 12.1 Å². The van der Waals surface area contributed by atoms with Gasteiger partial charge in [0, 0.05) is 24.7 Å². The third-order valence-corrected chi connectivity index (χ3v) is 3.42. The number of aryl methyl sites for hydroxylation is 1. The van der Waals surface area contributed by atoms with Gasteiger partial charge in [0.15, 0.2) is 5.96 Å². The standard InChI is InChI=1S/C16H24N4O.HI/c1-2-12-5-7-14(8-6-12)20-16(17)18-11-3-4-15(21)19-13-9-10-13;/h5-8,13H,2-4,9-11H2,1H3,(H,19,21)(H3,17,18,20);1H. The molecular weight excluding hydrogens is 391 g/mol. The van der Waals surface area contributed by atoms with E-state index in [1.165, 1.54) is 5.56 Å². The van der Waals surface area contributed by atoms with Crippen LogP contribution in [0.5, 0.6) is 0 Å². The predicted molar refractivity (Wildman–Crippen MR) is 102 cm³/mol. The molecule has 0 atom stereocenters. The summed E-state index contributed by atoms with van der Waals surface area (Å²) < 4.78 is 0. The highest BCUT2D eigenvalue weighted by molar-refractivity contribution is 14.0. The minimum Gasteiger partial charge on any atom is -0.370 e. The van der Waals surface area contributed by atoms with Gasteiger partial charge in [-0.15, -0.1) is 24.0 Å². The number of nitrogens with zero attached hydrogens (tertiary/aromatic N) is 1. The molecule has 0 unspecified atom stereocenters. The number of aliphatic imine (C=N–C) groups is 1. The van der Waals surface area contributed by atoms with Crippen LogP contribution >= 0.6 is 24.0 Å². The summed E-state index contributed by atoms with van der Waals surface area (Å²) in [7, 11) is 0. The van der Waals surface area contributed by atoms with Crippen LogP contribution in [0.4, 0.5) is 5.69 Å². The van der Waals surface area contributed by atoms with Crippen molar-refractivity contribution < 1.29 is 4.79 Å². The second kappa shape index (κ2) is 9.66. The van der Waals surface area contributed by atoms with E-state index >= 15 is 0 Å². The summed E-state index contributed by atoms with van der Waals surface area (Å²) in [6.45, 7) is 2.68. The lowest BCUT2D eigenvalue weighted by atomic mass is 10.1. The van der Waals surface area contributed by atoms with E-state index in [2.05, 4.69) is 34.7 Å². The smallest absolute Gasteiger partial charge is 0.220 e. The Morgan fingerprint density at radius 3 is 2.59 bits per heavy atom. The lowest BCUT2D eigenvalue weighted by Gasteiger charge is -2.06. The van der Waals surface area contributed by atoms with Crippen molar-refractivity contribution in [1.82, 2.24) is 5.32 Å². The van der Waals surface area contributed by atoms with Gasteiger partial charge in [0.25, 0.3) is 0 Å². The number of rotatable bonds is 7. The summed E-state index contributed by atoms with van der Waals surface area (Å²) >= 11 is 0. The van der Waals surface area contributed by atoms with Gasteiger partial charge < -0.3 is 16.4 Å². The van der Waals surface area contributed by atoms with Crippen molar-refractivity contribution in [2.45, 2.75) is 45.1 Å². The lowest BCUT2D eigenvalue weighted by molar-refractivity contribution is -0.121. The number of guanidine groups is 1. The molecule has 0 aliphatic heterocycles. The van der Waals surface area contributed by atoms with Gasteiger partial charge >= 0.3 is 0 Å². The van der Waals surface area contributed by atoms with E-state index in [0.717, 1.165) is 31.4 Å². The number of carbonyl (C=O) groups is 1. The Labute approximate surface area is 149 Å². The molecule has 1 amide bonds. The minimum atomic E-state index is 0. The summed E-state index contributed by atoms with van der Waals surface area (Å²) in [5.41, 5.74) is 8.04. The normalized spacial score (nSPS) is 14.1. The topological polar surface area (TPSA) is 79.5 Å². The van der Waals surface area contributed by atoms with E-state index in [-0.39, 0.29) is 29.9 Å². The van der Waals surface area contributed by atoms with Crippen molar-refractivity contribution in [2.75, 3.05) is 11.9 Å². The average molecular weight is 416 g/mol. The molecule has 0 bridgehead atoms. The van der Waals surface area contributed by atoms with Crippen LogP contribution in [-0.4, -0.2) is 24.5 Å². The molecular formula is C16H25IN4O. The summed E-state index contributed by atoms with van der Waals surface area (Å²) in [6, 6.07) is 8.54. The van der Waals surface area contributed by atoms with Crippen LogP contribution in [0.1, 0.15) is 38.2 Å². The van der Waals surface area contributed by atoms with Gasteiger partial charge in [0.2, 0.25) is 5.91 Å². The second-order valence-corrected chi connectivity index (χ2v) is 5.39. The van der Waals surface area contributed by atoms with Crippen LogP contribution in [0.3, 0.4) is 0 Å². The molecule has 1 aromatic rings. The molecule has 6 heteroatoms. The van der Waals surface area contributed by atoms with Gasteiger partial charge in [-0.25, -0.2) is 0 Å². The molecule has 4 N–H and O–H groups in total. The Kier molecular flexibility index (Phi) is 8.22. The summed E-state index contributed by atoms with van der Waals surface area (Å²) in [5, 5.41) is 6.01. The molecule has 122 valence electrons. The molecule has 0 radical (unpaired) electrons. The third kappa shape index (κ3) is 7.11. The highest BCUT2D eigenvalue weighted by Crippen LogP contribution is 2.18. The van der Waals surface area contributed by atoms with Crippen molar-refractivity contribution in [3.8, 4) is 0 Å². The van der Waals surface area contributed by atoms with Gasteiger partial charge in [0.05, 0.1) is 0 Å². The van der Waals surface area contributed by atoms with Crippen LogP contribution in [0, 0.1) is 0 Å². The molecule has 0 heterocycles. The SMILES string of the molecule is CCc1ccc(NC(N)=NCCCC(=O)NC2CC2)cc1.I. The van der Waals surface area contributed by atoms with Gasteiger partial charge in [0.1, 0.15) is 0 Å². The predicted octanol–water partition coefficient (Wildman–Crippen LogP) is 2.65. The van der Waals surface area contributed by atoms with Crippen LogP contribution in [-0.2, 0) is 11.2 Å². The summed E-state index contributed by atoms with van der Waals surface area (Å²) in [5.74, 6) is 0.510. The second-order valence-electron chi connectivity index (χ2n) is 5.39. The number of halogens is 1. The quantitative estimate of drug-likeness (QED) is 0.277. The molecule has 1 aliphatic rings. The Hall–Kier alpha value is -1.31. The fraction of sp³-hybridized carbons (Fsp3) is 0.500. The third-order valence-electron chi connectivity index (χ3n) is 3.42. The maximum Gasteiger partial charge on any atom is 0.220 e. The van der Waals surface area contributed by atoms with Crippen LogP contribution < -0.4 is 16.4 Å². The van der Waals surface area contributed by atoms with Gasteiger partial charge in [-0.1, -0.05) is 19.1 Å².